The van der Waals surface area contributed by atoms with E-state index in [-0.39, 0.29) is 0 Å². The summed E-state index contributed by atoms with van der Waals surface area (Å²) in [6, 6.07) is -1.60. The first-order valence-corrected chi connectivity index (χ1v) is 6.69. The largest absolute Gasteiger partial charge is 0.477 e. The fourth-order valence-electron chi connectivity index (χ4n) is 2.42. The number of nitrogens with zero attached hydrogens (tertiary/aromatic N) is 3. The Morgan fingerprint density at radius 2 is 2.00 bits per heavy atom. The van der Waals surface area contributed by atoms with E-state index in [0.717, 1.165) is 0 Å². The smallest absolute Gasteiger partial charge is 0.365 e. The molecular weight excluding hydrogens is 332 g/mol. The molecule has 0 aromatic heterocycles. The lowest BCUT2D eigenvalue weighted by Crippen LogP contribution is -2.71. The number of hydrogen-bond donors (Lipinski definition) is 7. The summed E-state index contributed by atoms with van der Waals surface area (Å²) in [7, 11) is 0. The van der Waals surface area contributed by atoms with Crippen LogP contribution in [0, 0.1) is 5.92 Å². The lowest BCUT2D eigenvalue weighted by molar-refractivity contribution is -0.311. The van der Waals surface area contributed by atoms with Gasteiger partial charge in [-0.1, -0.05) is 5.11 Å². The molecule has 1 aliphatic heterocycles. The van der Waals surface area contributed by atoms with Crippen molar-refractivity contribution >= 4 is 11.8 Å². The predicted molar refractivity (Wildman–Crippen MR) is 73.1 cm³/mol. The second-order valence-corrected chi connectivity index (χ2v) is 5.23. The van der Waals surface area contributed by atoms with E-state index in [1.165, 1.54) is 0 Å². The van der Waals surface area contributed by atoms with Gasteiger partial charge in [-0.25, -0.2) is 4.79 Å². The molecule has 0 spiro atoms. The molecule has 13 heteroatoms. The van der Waals surface area contributed by atoms with Crippen LogP contribution in [0.3, 0.4) is 0 Å². The van der Waals surface area contributed by atoms with Crippen molar-refractivity contribution in [2.75, 3.05) is 13.2 Å². The predicted octanol–water partition coefficient (Wildman–Crippen LogP) is -3.94. The maximum Gasteiger partial charge on any atom is 0.365 e. The minimum Gasteiger partial charge on any atom is -0.477 e. The molecule has 1 saturated heterocycles. The Balaban J connectivity index is 3.24. The van der Waals surface area contributed by atoms with Crippen molar-refractivity contribution in [3.8, 4) is 0 Å². The SMILES string of the molecule is [N-]=[N+]=NCC(=O)C1[C@H](O)[C@@H](N)[C@H]([C@H](O)[C@H](O)CO)OC1(O)C(=O)O. The summed E-state index contributed by atoms with van der Waals surface area (Å²) in [6.45, 7) is -1.81. The van der Waals surface area contributed by atoms with Gasteiger partial charge in [-0.2, -0.15) is 0 Å². The molecular formula is C11H18N4O9. The number of carbonyl (C=O) groups excluding carboxylic acids is 1. The molecule has 1 heterocycles. The van der Waals surface area contributed by atoms with Crippen molar-refractivity contribution in [1.82, 2.24) is 0 Å². The highest BCUT2D eigenvalue weighted by atomic mass is 16.7. The number of nitrogens with two attached hydrogens (primary N) is 1. The van der Waals surface area contributed by atoms with Crippen LogP contribution in [0.25, 0.3) is 10.4 Å². The van der Waals surface area contributed by atoms with Gasteiger partial charge in [-0.3, -0.25) is 4.79 Å². The van der Waals surface area contributed by atoms with Crippen LogP contribution in [0.1, 0.15) is 0 Å². The third kappa shape index (κ3) is 3.63. The average molecular weight is 350 g/mol. The third-order valence-corrected chi connectivity index (χ3v) is 3.71. The first-order chi connectivity index (χ1) is 11.1. The fraction of sp³-hybridized carbons (Fsp3) is 0.818. The van der Waals surface area contributed by atoms with Gasteiger partial charge in [0.25, 0.3) is 5.79 Å². The summed E-state index contributed by atoms with van der Waals surface area (Å²) < 4.78 is 4.81. The van der Waals surface area contributed by atoms with Gasteiger partial charge < -0.3 is 41.1 Å². The Hall–Kier alpha value is -1.83. The molecule has 24 heavy (non-hydrogen) atoms. The number of carboxylic acid groups (broad SMARTS) is 1. The summed E-state index contributed by atoms with van der Waals surface area (Å²) in [5.41, 5.74) is 13.8. The average Bonchev–Trinajstić information content (AvgIpc) is 2.54. The van der Waals surface area contributed by atoms with E-state index in [4.69, 9.17) is 26.2 Å². The van der Waals surface area contributed by atoms with E-state index in [1.807, 2.05) is 0 Å². The fourth-order valence-corrected chi connectivity index (χ4v) is 2.42. The van der Waals surface area contributed by atoms with Gasteiger partial charge in [0.15, 0.2) is 5.78 Å². The molecule has 13 nitrogen and oxygen atoms in total. The highest BCUT2D eigenvalue weighted by Gasteiger charge is 2.61. The van der Waals surface area contributed by atoms with Crippen LogP contribution >= 0.6 is 0 Å². The van der Waals surface area contributed by atoms with Crippen molar-refractivity contribution in [1.29, 1.82) is 0 Å². The molecule has 1 fully saturated rings. The molecule has 0 radical (unpaired) electrons. The van der Waals surface area contributed by atoms with E-state index >= 15 is 0 Å². The number of aliphatic hydroxyl groups is 5. The second kappa shape index (κ2) is 7.83. The van der Waals surface area contributed by atoms with Gasteiger partial charge in [-0.15, -0.1) is 0 Å². The lowest BCUT2D eigenvalue weighted by Gasteiger charge is -2.47. The van der Waals surface area contributed by atoms with Gasteiger partial charge in [0.05, 0.1) is 25.3 Å². The molecule has 0 amide bonds. The highest BCUT2D eigenvalue weighted by molar-refractivity contribution is 5.91. The summed E-state index contributed by atoms with van der Waals surface area (Å²) in [5.74, 6) is -8.62. The van der Waals surface area contributed by atoms with Gasteiger partial charge in [0.1, 0.15) is 24.2 Å². The van der Waals surface area contributed by atoms with E-state index in [0.29, 0.717) is 0 Å². The number of hydrogen-bond acceptors (Lipinski definition) is 10. The molecule has 136 valence electrons. The molecule has 1 aliphatic rings. The van der Waals surface area contributed by atoms with Crippen molar-refractivity contribution in [2.45, 2.75) is 36.2 Å². The minimum absolute atomic E-state index is 0.879. The molecule has 1 rings (SSSR count). The number of carboxylic acids is 1. The van der Waals surface area contributed by atoms with Gasteiger partial charge in [0, 0.05) is 4.91 Å². The van der Waals surface area contributed by atoms with Crippen LogP contribution in [0.15, 0.2) is 5.11 Å². The number of azide groups is 1. The second-order valence-electron chi connectivity index (χ2n) is 5.23. The standard InChI is InChI=1S/C11H18N4O9/c12-6-8(20)5(3(17)1-14-15-13)11(23,10(21)22)24-9(6)7(19)4(18)2-16/h4-9,16,18-20,23H,1-2,12H2,(H,21,22)/t4-,5?,6-,7-,8+,9-,11?/m1/s1. The van der Waals surface area contributed by atoms with Gasteiger partial charge in [-0.05, 0) is 5.53 Å². The van der Waals surface area contributed by atoms with Crippen LogP contribution in [0.5, 0.6) is 0 Å². The number of ether oxygens (including phenoxy) is 1. The maximum absolute atomic E-state index is 12.0. The van der Waals surface area contributed by atoms with Crippen molar-refractivity contribution in [3.63, 3.8) is 0 Å². The monoisotopic (exact) mass is 350 g/mol. The summed E-state index contributed by atoms with van der Waals surface area (Å²) in [5, 5.41) is 60.5. The molecule has 7 atom stereocenters. The first kappa shape index (κ1) is 20.2. The topological polar surface area (TPSA) is 240 Å². The zero-order valence-corrected chi connectivity index (χ0v) is 12.2. The Morgan fingerprint density at radius 3 is 2.46 bits per heavy atom. The molecule has 0 aliphatic carbocycles. The number of ketones is 1. The van der Waals surface area contributed by atoms with Crippen molar-refractivity contribution in [3.05, 3.63) is 10.4 Å². The van der Waals surface area contributed by atoms with Gasteiger partial charge in [0.2, 0.25) is 0 Å². The Labute approximate surface area is 134 Å². The van der Waals surface area contributed by atoms with Crippen LogP contribution in [0.4, 0.5) is 0 Å². The van der Waals surface area contributed by atoms with Gasteiger partial charge >= 0.3 is 5.97 Å². The van der Waals surface area contributed by atoms with Crippen LogP contribution < -0.4 is 5.73 Å². The molecule has 2 unspecified atom stereocenters. The number of Topliss-reactive ketones (excluding diaryl/α,β-unsaturated/α-hetero) is 1. The molecule has 8 N–H and O–H groups in total. The zero-order valence-electron chi connectivity index (χ0n) is 12.2. The van der Waals surface area contributed by atoms with Crippen LogP contribution in [-0.2, 0) is 14.3 Å². The molecule has 0 aromatic carbocycles. The van der Waals surface area contributed by atoms with E-state index in [2.05, 4.69) is 10.0 Å². The summed E-state index contributed by atoms with van der Waals surface area (Å²) in [4.78, 5) is 25.6. The number of aliphatic hydroxyl groups excluding tert-OH is 4. The van der Waals surface area contributed by atoms with Crippen LogP contribution in [-0.4, -0.2) is 91.8 Å². The third-order valence-electron chi connectivity index (χ3n) is 3.71. The normalized spacial score (nSPS) is 35.6. The molecule has 0 saturated carbocycles. The number of carbonyl (C=O) groups is 2. The zero-order chi connectivity index (χ0) is 18.7. The van der Waals surface area contributed by atoms with E-state index in [9.17, 15) is 30.0 Å². The van der Waals surface area contributed by atoms with E-state index in [1.54, 1.807) is 0 Å². The Morgan fingerprint density at radius 1 is 1.42 bits per heavy atom. The quantitative estimate of drug-likeness (QED) is 0.133. The maximum atomic E-state index is 12.0. The van der Waals surface area contributed by atoms with E-state index < -0.39 is 67.1 Å². The molecule has 0 bridgehead atoms. The minimum atomic E-state index is -3.29. The highest BCUT2D eigenvalue weighted by Crippen LogP contribution is 2.35. The van der Waals surface area contributed by atoms with Crippen molar-refractivity contribution < 1.29 is 45.0 Å². The van der Waals surface area contributed by atoms with Crippen molar-refractivity contribution in [2.24, 2.45) is 16.8 Å². The molecule has 0 aromatic rings. The Kier molecular flexibility index (Phi) is 6.59. The van der Waals surface area contributed by atoms with Crippen LogP contribution in [0.2, 0.25) is 0 Å². The number of rotatable bonds is 7. The number of aliphatic carboxylic acids is 1. The lowest BCUT2D eigenvalue weighted by atomic mass is 9.78. The Bertz CT molecular complexity index is 540. The summed E-state index contributed by atoms with van der Waals surface area (Å²) >= 11 is 0. The first-order valence-electron chi connectivity index (χ1n) is 6.69. The summed E-state index contributed by atoms with van der Waals surface area (Å²) in [6.07, 6.45) is -7.58.